The van der Waals surface area contributed by atoms with Crippen LogP contribution in [0.3, 0.4) is 0 Å². The van der Waals surface area contributed by atoms with Crippen molar-refractivity contribution in [3.05, 3.63) is 75.5 Å². The molecule has 46 heavy (non-hydrogen) atoms. The number of Topliss-reactive ketones (excluding diaryl/α,β-unsaturated/α-hetero) is 2. The van der Waals surface area contributed by atoms with Crippen molar-refractivity contribution in [2.45, 2.75) is 72.9 Å². The number of aliphatic hydroxyl groups is 5. The number of nitrogens with one attached hydrogen (secondary N) is 1. The van der Waals surface area contributed by atoms with Crippen LogP contribution in [-0.4, -0.2) is 84.9 Å². The molecule has 0 saturated heterocycles. The second-order valence-electron chi connectivity index (χ2n) is 12.7. The van der Waals surface area contributed by atoms with Crippen molar-refractivity contribution < 1.29 is 49.8 Å². The Hall–Kier alpha value is -3.74. The van der Waals surface area contributed by atoms with Gasteiger partial charge >= 0.3 is 0 Å². The van der Waals surface area contributed by atoms with Gasteiger partial charge in [-0.2, -0.15) is 0 Å². The van der Waals surface area contributed by atoms with Crippen LogP contribution in [0.1, 0.15) is 78.2 Å². The number of aromatic hydroxyl groups is 1. The standard InChI is InChI=1S/C35H45NO10/c1-15-9-8-10-16(2)35(46)36-24-13-25(38)26-23(34(24)45)12-18(4)30(41)27(26)29(40)17(3)11-22(14-37)33(44)21(7)32(43)20(6)31(42)19(5)28(15)39/h8-13,15,19-22,28,31-33,37,39,41-44H,14H2,1-7H3,(H,36,46)/b9-8-,16-10-,17-11-/t15-,19+,20+,21-,22?,28-,31+,32-,33+/m0/s1. The summed E-state index contributed by atoms with van der Waals surface area (Å²) in [6, 6.07) is 1.26. The third kappa shape index (κ3) is 7.29. The maximum atomic E-state index is 13.7. The highest BCUT2D eigenvalue weighted by Gasteiger charge is 2.39. The minimum Gasteiger partial charge on any atom is -0.507 e. The van der Waals surface area contributed by atoms with Gasteiger partial charge in [-0.3, -0.25) is 19.2 Å². The monoisotopic (exact) mass is 639 g/mol. The number of hydrogen-bond donors (Lipinski definition) is 7. The number of aliphatic hydroxyl groups excluding tert-OH is 5. The summed E-state index contributed by atoms with van der Waals surface area (Å²) < 4.78 is 0. The van der Waals surface area contributed by atoms with Crippen LogP contribution >= 0.6 is 0 Å². The molecule has 0 radical (unpaired) electrons. The van der Waals surface area contributed by atoms with Gasteiger partial charge < -0.3 is 36.0 Å². The Balaban J connectivity index is 2.19. The van der Waals surface area contributed by atoms with Crippen LogP contribution < -0.4 is 5.32 Å². The van der Waals surface area contributed by atoms with E-state index in [0.717, 1.165) is 6.08 Å². The van der Waals surface area contributed by atoms with Crippen molar-refractivity contribution in [1.29, 1.82) is 0 Å². The largest absolute Gasteiger partial charge is 0.507 e. The van der Waals surface area contributed by atoms with E-state index in [4.69, 9.17) is 0 Å². The Labute approximate surface area is 268 Å². The molecule has 1 amide bonds. The molecule has 11 nitrogen and oxygen atoms in total. The highest BCUT2D eigenvalue weighted by molar-refractivity contribution is 6.30. The van der Waals surface area contributed by atoms with E-state index in [1.165, 1.54) is 45.9 Å². The van der Waals surface area contributed by atoms with E-state index < -0.39 is 95.2 Å². The molecule has 9 atom stereocenters. The van der Waals surface area contributed by atoms with Crippen LogP contribution in [-0.2, 0) is 4.79 Å². The Bertz CT molecular complexity index is 1520. The van der Waals surface area contributed by atoms with Gasteiger partial charge in [0.05, 0.1) is 42.3 Å². The summed E-state index contributed by atoms with van der Waals surface area (Å²) in [5, 5.41) is 67.8. The molecule has 7 N–H and O–H groups in total. The number of amides is 1. The lowest BCUT2D eigenvalue weighted by Gasteiger charge is -2.37. The number of phenols is 1. The average molecular weight is 640 g/mol. The molecule has 3 aliphatic rings. The molecule has 4 rings (SSSR count). The maximum Gasteiger partial charge on any atom is 0.251 e. The number of phenolic OH excluding ortho intramolecular Hbond substituents is 1. The first-order chi connectivity index (χ1) is 21.4. The fourth-order valence-electron chi connectivity index (χ4n) is 6.04. The SMILES string of the molecule is C/C1=C/C=C\[C@H](C)[C@H](O)[C@@H](C)[C@@H](O)[C@@H](C)[C@H](O)[C@H](C)[C@@H](O)C(CO)/C=C(/C)C(=O)c2c(O)c(C)cc3c2C(=O)C=C(NC1=O)C3=O. The van der Waals surface area contributed by atoms with Crippen molar-refractivity contribution >= 4 is 23.3 Å². The number of hydrogen-bond acceptors (Lipinski definition) is 10. The molecular weight excluding hydrogens is 594 g/mol. The van der Waals surface area contributed by atoms with Crippen molar-refractivity contribution in [3.8, 4) is 5.75 Å². The van der Waals surface area contributed by atoms with E-state index in [1.54, 1.807) is 32.9 Å². The van der Waals surface area contributed by atoms with Gasteiger partial charge in [-0.25, -0.2) is 0 Å². The molecular formula is C35H45NO10. The third-order valence-electron chi connectivity index (χ3n) is 9.34. The van der Waals surface area contributed by atoms with Gasteiger partial charge in [-0.15, -0.1) is 0 Å². The zero-order valence-corrected chi connectivity index (χ0v) is 27.2. The molecule has 2 heterocycles. The van der Waals surface area contributed by atoms with Crippen LogP contribution in [0.15, 0.2) is 53.3 Å². The van der Waals surface area contributed by atoms with Crippen molar-refractivity contribution in [3.63, 3.8) is 0 Å². The fourth-order valence-corrected chi connectivity index (χ4v) is 6.04. The van der Waals surface area contributed by atoms with E-state index in [2.05, 4.69) is 5.32 Å². The lowest BCUT2D eigenvalue weighted by Crippen LogP contribution is -2.46. The molecule has 4 bridgehead atoms. The summed E-state index contributed by atoms with van der Waals surface area (Å²) >= 11 is 0. The summed E-state index contributed by atoms with van der Waals surface area (Å²) in [6.07, 6.45) is 1.87. The van der Waals surface area contributed by atoms with E-state index in [1.807, 2.05) is 0 Å². The van der Waals surface area contributed by atoms with Gasteiger partial charge in [-0.1, -0.05) is 52.0 Å². The van der Waals surface area contributed by atoms with Crippen molar-refractivity contribution in [2.75, 3.05) is 6.61 Å². The van der Waals surface area contributed by atoms with E-state index in [-0.39, 0.29) is 33.5 Å². The van der Waals surface area contributed by atoms with Crippen molar-refractivity contribution in [2.24, 2.45) is 29.6 Å². The molecule has 0 fully saturated rings. The molecule has 1 aromatic carbocycles. The van der Waals surface area contributed by atoms with Gasteiger partial charge in [0.1, 0.15) is 5.75 Å². The Morgan fingerprint density at radius 3 is 1.91 bits per heavy atom. The average Bonchev–Trinajstić information content (AvgIpc) is 3.03. The van der Waals surface area contributed by atoms with Gasteiger partial charge in [-0.05, 0) is 38.0 Å². The lowest BCUT2D eigenvalue weighted by atomic mass is 9.76. The second kappa shape index (κ2) is 14.8. The summed E-state index contributed by atoms with van der Waals surface area (Å²) in [7, 11) is 0. The number of benzene rings is 1. The first kappa shape index (κ1) is 36.7. The number of carbonyl (C=O) groups excluding carboxylic acids is 4. The van der Waals surface area contributed by atoms with E-state index >= 15 is 0 Å². The summed E-state index contributed by atoms with van der Waals surface area (Å²) in [6.45, 7) is 10.1. The number of rotatable bonds is 1. The Morgan fingerprint density at radius 2 is 1.33 bits per heavy atom. The van der Waals surface area contributed by atoms with Crippen LogP contribution in [0, 0.1) is 36.5 Å². The molecule has 2 aliphatic heterocycles. The summed E-state index contributed by atoms with van der Waals surface area (Å²) in [4.78, 5) is 53.5. The quantitative estimate of drug-likeness (QED) is 0.239. The topological polar surface area (TPSA) is 202 Å². The first-order valence-corrected chi connectivity index (χ1v) is 15.3. The lowest BCUT2D eigenvalue weighted by molar-refractivity contribution is -0.116. The zero-order chi connectivity index (χ0) is 34.8. The number of fused-ring (bicyclic) bond motifs is 15. The smallest absolute Gasteiger partial charge is 0.251 e. The minimum absolute atomic E-state index is 0.0586. The first-order valence-electron chi connectivity index (χ1n) is 15.3. The van der Waals surface area contributed by atoms with Crippen LogP contribution in [0.25, 0.3) is 0 Å². The van der Waals surface area contributed by atoms with E-state index in [9.17, 15) is 49.8 Å². The van der Waals surface area contributed by atoms with E-state index in [0.29, 0.717) is 0 Å². The number of allylic oxidation sites excluding steroid dienone is 5. The highest BCUT2D eigenvalue weighted by atomic mass is 16.3. The third-order valence-corrected chi connectivity index (χ3v) is 9.34. The summed E-state index contributed by atoms with van der Waals surface area (Å²) in [5.74, 6) is -7.57. The van der Waals surface area contributed by atoms with Gasteiger partial charge in [0.15, 0.2) is 11.6 Å². The van der Waals surface area contributed by atoms with Gasteiger partial charge in [0.25, 0.3) is 5.91 Å². The second-order valence-corrected chi connectivity index (χ2v) is 12.7. The minimum atomic E-state index is -1.39. The highest BCUT2D eigenvalue weighted by Crippen LogP contribution is 2.35. The molecule has 1 aliphatic carbocycles. The number of carbonyl (C=O) groups is 4. The molecule has 1 aromatic rings. The predicted octanol–water partition coefficient (Wildman–Crippen LogP) is 2.32. The molecule has 11 heteroatoms. The fraction of sp³-hybridized carbons (Fsp3) is 0.486. The van der Waals surface area contributed by atoms with Gasteiger partial charge in [0, 0.05) is 52.4 Å². The number of aryl methyl sites for hydroxylation is 1. The summed E-state index contributed by atoms with van der Waals surface area (Å²) in [5.41, 5.74) is -1.02. The van der Waals surface area contributed by atoms with Gasteiger partial charge in [0.2, 0.25) is 5.78 Å². The maximum absolute atomic E-state index is 13.7. The van der Waals surface area contributed by atoms with Crippen molar-refractivity contribution in [1.82, 2.24) is 5.32 Å². The number of ketones is 3. The zero-order valence-electron chi connectivity index (χ0n) is 27.2. The Kier molecular flexibility index (Phi) is 11.8. The molecule has 250 valence electrons. The molecule has 0 spiro atoms. The van der Waals surface area contributed by atoms with Crippen LogP contribution in [0.5, 0.6) is 5.75 Å². The normalized spacial score (nSPS) is 35.0. The molecule has 0 aromatic heterocycles. The van der Waals surface area contributed by atoms with Crippen LogP contribution in [0.2, 0.25) is 0 Å². The predicted molar refractivity (Wildman–Crippen MR) is 170 cm³/mol. The molecule has 0 saturated carbocycles. The molecule has 1 unspecified atom stereocenters. The van der Waals surface area contributed by atoms with Crippen LogP contribution in [0.4, 0.5) is 0 Å². The Morgan fingerprint density at radius 1 is 0.761 bits per heavy atom.